The Morgan fingerprint density at radius 1 is 1.23 bits per heavy atom. The van der Waals surface area contributed by atoms with E-state index in [0.29, 0.717) is 29.8 Å². The maximum Gasteiger partial charge on any atom is 0.315 e. The number of amides is 3. The van der Waals surface area contributed by atoms with Crippen molar-refractivity contribution in [2.75, 3.05) is 13.1 Å². The zero-order valence-corrected chi connectivity index (χ0v) is 18.3. The lowest BCUT2D eigenvalue weighted by atomic mass is 9.98. The third-order valence-electron chi connectivity index (χ3n) is 6.15. The van der Waals surface area contributed by atoms with Gasteiger partial charge in [-0.05, 0) is 57.7 Å². The van der Waals surface area contributed by atoms with Crippen molar-refractivity contribution < 1.29 is 18.4 Å². The number of nitrogens with zero attached hydrogens (tertiary/aromatic N) is 1. The van der Waals surface area contributed by atoms with E-state index >= 15 is 0 Å². The molecule has 7 heteroatoms. The maximum atomic E-state index is 13.5. The minimum absolute atomic E-state index is 0.0359. The topological polar surface area (TPSA) is 74.6 Å². The molecule has 2 heterocycles. The van der Waals surface area contributed by atoms with Crippen LogP contribution in [0.1, 0.15) is 63.8 Å². The van der Waals surface area contributed by atoms with Gasteiger partial charge in [-0.15, -0.1) is 0 Å². The Morgan fingerprint density at radius 2 is 1.90 bits per heavy atom. The summed E-state index contributed by atoms with van der Waals surface area (Å²) in [5.41, 5.74) is 1.43. The highest BCUT2D eigenvalue weighted by atomic mass is 19.1. The first kappa shape index (κ1) is 22.1. The van der Waals surface area contributed by atoms with Crippen LogP contribution in [-0.2, 0) is 4.79 Å². The van der Waals surface area contributed by atoms with Crippen LogP contribution in [0.4, 0.5) is 9.18 Å². The largest absolute Gasteiger partial charge is 0.459 e. The molecular formula is C23H32FN3O3. The lowest BCUT2D eigenvalue weighted by Crippen LogP contribution is -2.50. The second-order valence-electron chi connectivity index (χ2n) is 8.18. The van der Waals surface area contributed by atoms with Crippen LogP contribution >= 0.6 is 0 Å². The monoisotopic (exact) mass is 417 g/mol. The summed E-state index contributed by atoms with van der Waals surface area (Å²) in [4.78, 5) is 26.9. The first-order valence-electron chi connectivity index (χ1n) is 10.9. The van der Waals surface area contributed by atoms with E-state index in [2.05, 4.69) is 10.6 Å². The van der Waals surface area contributed by atoms with Crippen LogP contribution in [0.5, 0.6) is 0 Å². The molecule has 1 aromatic heterocycles. The van der Waals surface area contributed by atoms with Crippen LogP contribution in [0.3, 0.4) is 0 Å². The number of piperidine rings is 1. The average Bonchev–Trinajstić information content (AvgIpc) is 3.05. The molecule has 1 fully saturated rings. The zero-order chi connectivity index (χ0) is 21.8. The fraction of sp³-hybridized carbons (Fsp3) is 0.565. The zero-order valence-electron chi connectivity index (χ0n) is 18.3. The van der Waals surface area contributed by atoms with E-state index < -0.39 is 0 Å². The number of hydrogen-bond acceptors (Lipinski definition) is 3. The van der Waals surface area contributed by atoms with E-state index in [0.717, 1.165) is 31.2 Å². The number of rotatable bonds is 6. The highest BCUT2D eigenvalue weighted by Gasteiger charge is 2.27. The first-order valence-corrected chi connectivity index (χ1v) is 10.9. The third-order valence-corrected chi connectivity index (χ3v) is 6.15. The van der Waals surface area contributed by atoms with Crippen molar-refractivity contribution in [3.63, 3.8) is 0 Å². The molecule has 3 rings (SSSR count). The van der Waals surface area contributed by atoms with Crippen molar-refractivity contribution in [2.45, 2.75) is 65.5 Å². The van der Waals surface area contributed by atoms with Crippen molar-refractivity contribution >= 4 is 22.9 Å². The number of urea groups is 1. The van der Waals surface area contributed by atoms with Crippen molar-refractivity contribution in [1.29, 1.82) is 0 Å². The summed E-state index contributed by atoms with van der Waals surface area (Å²) < 4.78 is 19.4. The van der Waals surface area contributed by atoms with Gasteiger partial charge < -0.3 is 20.0 Å². The number of carbonyl (C=O) groups excluding carboxylic acids is 2. The number of hydrogen-bond donors (Lipinski definition) is 2. The summed E-state index contributed by atoms with van der Waals surface area (Å²) in [5, 5.41) is 6.64. The molecule has 1 atom stereocenters. The van der Waals surface area contributed by atoms with Gasteiger partial charge in [0.25, 0.3) is 0 Å². The average molecular weight is 418 g/mol. The van der Waals surface area contributed by atoms with E-state index in [9.17, 15) is 14.0 Å². The molecule has 1 aromatic carbocycles. The Labute approximate surface area is 177 Å². The molecule has 0 unspecified atom stereocenters. The standard InChI is InChI=1S/C23H32FN3O3/c1-5-16(6-2)22(28)27-11-9-18(10-12-27)26-23(29)25-15(4)21-14(3)19-13-17(24)7-8-20(19)30-21/h7-8,13,15-16,18H,5-6,9-12H2,1-4H3,(H2,25,26,29)/t15-/m1/s1. The lowest BCUT2D eigenvalue weighted by molar-refractivity contribution is -0.136. The van der Waals surface area contributed by atoms with E-state index in [-0.39, 0.29) is 35.8 Å². The molecule has 0 spiro atoms. The number of aryl methyl sites for hydroxylation is 1. The number of carbonyl (C=O) groups is 2. The van der Waals surface area contributed by atoms with Gasteiger partial charge >= 0.3 is 6.03 Å². The summed E-state index contributed by atoms with van der Waals surface area (Å²) in [5.74, 6) is 0.633. The van der Waals surface area contributed by atoms with Crippen LogP contribution in [0, 0.1) is 18.7 Å². The van der Waals surface area contributed by atoms with Crippen molar-refractivity contribution in [3.05, 3.63) is 35.3 Å². The molecule has 0 bridgehead atoms. The van der Waals surface area contributed by atoms with Crippen LogP contribution in [0.15, 0.2) is 22.6 Å². The van der Waals surface area contributed by atoms with E-state index in [1.165, 1.54) is 12.1 Å². The van der Waals surface area contributed by atoms with Gasteiger partial charge in [0.1, 0.15) is 17.2 Å². The second-order valence-corrected chi connectivity index (χ2v) is 8.18. The van der Waals surface area contributed by atoms with Gasteiger partial charge in [0.15, 0.2) is 0 Å². The molecule has 1 saturated heterocycles. The minimum Gasteiger partial charge on any atom is -0.459 e. The summed E-state index contributed by atoms with van der Waals surface area (Å²) in [6.45, 7) is 9.15. The maximum absolute atomic E-state index is 13.5. The highest BCUT2D eigenvalue weighted by molar-refractivity contribution is 5.83. The SMILES string of the molecule is CCC(CC)C(=O)N1CCC(NC(=O)N[C@H](C)c2oc3ccc(F)cc3c2C)CC1. The minimum atomic E-state index is -0.350. The predicted octanol–water partition coefficient (Wildman–Crippen LogP) is 4.67. The normalized spacial score (nSPS) is 16.1. The number of nitrogens with one attached hydrogen (secondary N) is 2. The summed E-state index contributed by atoms with van der Waals surface area (Å²) in [6, 6.07) is 3.83. The quantitative estimate of drug-likeness (QED) is 0.717. The van der Waals surface area contributed by atoms with Crippen molar-refractivity contribution in [3.8, 4) is 0 Å². The van der Waals surface area contributed by atoms with Crippen molar-refractivity contribution in [1.82, 2.24) is 15.5 Å². The Balaban J connectivity index is 1.53. The fourth-order valence-electron chi connectivity index (χ4n) is 4.25. The Hall–Kier alpha value is -2.57. The number of benzene rings is 1. The second kappa shape index (κ2) is 9.49. The smallest absolute Gasteiger partial charge is 0.315 e. The molecule has 2 N–H and O–H groups in total. The molecule has 2 aromatic rings. The predicted molar refractivity (Wildman–Crippen MR) is 115 cm³/mol. The van der Waals surface area contributed by atoms with Gasteiger partial charge in [-0.1, -0.05) is 13.8 Å². The van der Waals surface area contributed by atoms with Crippen LogP contribution in [0.2, 0.25) is 0 Å². The Bertz CT molecular complexity index is 898. The molecule has 1 aliphatic rings. The number of furan rings is 1. The molecule has 0 radical (unpaired) electrons. The van der Waals surface area contributed by atoms with Crippen LogP contribution in [-0.4, -0.2) is 36.0 Å². The Kier molecular flexibility index (Phi) is 7.00. The molecule has 3 amide bonds. The highest BCUT2D eigenvalue weighted by Crippen LogP contribution is 2.30. The molecule has 164 valence electrons. The summed E-state index contributed by atoms with van der Waals surface area (Å²) in [7, 11) is 0. The van der Waals surface area contributed by atoms with E-state index in [4.69, 9.17) is 4.42 Å². The van der Waals surface area contributed by atoms with E-state index in [1.807, 2.05) is 32.6 Å². The number of fused-ring (bicyclic) bond motifs is 1. The number of likely N-dealkylation sites (tertiary alicyclic amines) is 1. The molecule has 6 nitrogen and oxygen atoms in total. The van der Waals surface area contributed by atoms with Gasteiger partial charge in [0.2, 0.25) is 5.91 Å². The lowest BCUT2D eigenvalue weighted by Gasteiger charge is -2.34. The van der Waals surface area contributed by atoms with Crippen LogP contribution < -0.4 is 10.6 Å². The molecular weight excluding hydrogens is 385 g/mol. The van der Waals surface area contributed by atoms with Crippen LogP contribution in [0.25, 0.3) is 11.0 Å². The molecule has 0 aliphatic carbocycles. The Morgan fingerprint density at radius 3 is 2.53 bits per heavy atom. The molecule has 0 saturated carbocycles. The summed E-state index contributed by atoms with van der Waals surface area (Å²) >= 11 is 0. The molecule has 30 heavy (non-hydrogen) atoms. The van der Waals surface area contributed by atoms with Crippen molar-refractivity contribution in [2.24, 2.45) is 5.92 Å². The molecule has 1 aliphatic heterocycles. The number of halogens is 1. The van der Waals surface area contributed by atoms with Gasteiger partial charge in [0.05, 0.1) is 6.04 Å². The van der Waals surface area contributed by atoms with Gasteiger partial charge in [-0.25, -0.2) is 9.18 Å². The van der Waals surface area contributed by atoms with Gasteiger partial charge in [0, 0.05) is 36.0 Å². The van der Waals surface area contributed by atoms with E-state index in [1.54, 1.807) is 6.07 Å². The third kappa shape index (κ3) is 4.77. The summed E-state index contributed by atoms with van der Waals surface area (Å²) in [6.07, 6.45) is 3.22. The van der Waals surface area contributed by atoms with Gasteiger partial charge in [-0.3, -0.25) is 4.79 Å². The fourth-order valence-corrected chi connectivity index (χ4v) is 4.25. The first-order chi connectivity index (χ1) is 14.3. The van der Waals surface area contributed by atoms with Gasteiger partial charge in [-0.2, -0.15) is 0 Å².